The first-order chi connectivity index (χ1) is 8.40. The van der Waals surface area contributed by atoms with E-state index in [4.69, 9.17) is 14.9 Å². The molecule has 8 nitrogen and oxygen atoms in total. The smallest absolute Gasteiger partial charge is 0.345 e. The van der Waals surface area contributed by atoms with E-state index in [0.717, 1.165) is 12.1 Å². The highest BCUT2D eigenvalue weighted by Crippen LogP contribution is 2.19. The molecule has 0 saturated carbocycles. The van der Waals surface area contributed by atoms with E-state index in [1.165, 1.54) is 12.1 Å². The second-order valence-electron chi connectivity index (χ2n) is 3.29. The summed E-state index contributed by atoms with van der Waals surface area (Å²) in [5.74, 6) is -2.69. The van der Waals surface area contributed by atoms with Gasteiger partial charge in [-0.25, -0.2) is 4.79 Å². The third kappa shape index (κ3) is 3.74. The first kappa shape index (κ1) is 13.4. The number of hydrogen-bond donors (Lipinski definition) is 2. The maximum atomic E-state index is 10.7. The molecule has 0 radical (unpaired) electrons. The van der Waals surface area contributed by atoms with Gasteiger partial charge < -0.3 is 14.9 Å². The monoisotopic (exact) mass is 255 g/mol. The second kappa shape index (κ2) is 5.62. The quantitative estimate of drug-likeness (QED) is 0.570. The number of rotatable bonds is 6. The number of carboxylic acids is 2. The molecular weight excluding hydrogens is 246 g/mol. The fourth-order valence-electron chi connectivity index (χ4n) is 1.15. The SMILES string of the molecule is O=C(O)C[C@H](Oc1ccc([N+](=O)[O-])cc1)C(=O)O. The highest BCUT2D eigenvalue weighted by molar-refractivity contribution is 5.79. The largest absolute Gasteiger partial charge is 0.481 e. The van der Waals surface area contributed by atoms with Crippen LogP contribution in [0.15, 0.2) is 24.3 Å². The van der Waals surface area contributed by atoms with Crippen LogP contribution in [0.2, 0.25) is 0 Å². The van der Waals surface area contributed by atoms with Crippen LogP contribution in [0, 0.1) is 10.1 Å². The van der Waals surface area contributed by atoms with Crippen LogP contribution >= 0.6 is 0 Å². The topological polar surface area (TPSA) is 127 Å². The van der Waals surface area contributed by atoms with E-state index >= 15 is 0 Å². The Balaban J connectivity index is 2.78. The van der Waals surface area contributed by atoms with Crippen molar-refractivity contribution in [2.45, 2.75) is 12.5 Å². The van der Waals surface area contributed by atoms with Crippen molar-refractivity contribution >= 4 is 17.6 Å². The summed E-state index contributed by atoms with van der Waals surface area (Å²) in [6, 6.07) is 4.68. The Morgan fingerprint density at radius 2 is 1.83 bits per heavy atom. The van der Waals surface area contributed by atoms with Gasteiger partial charge in [0, 0.05) is 12.1 Å². The molecule has 8 heteroatoms. The number of nitrogens with zero attached hydrogens (tertiary/aromatic N) is 1. The summed E-state index contributed by atoms with van der Waals surface area (Å²) in [5.41, 5.74) is -0.174. The fourth-order valence-corrected chi connectivity index (χ4v) is 1.15. The normalized spacial score (nSPS) is 11.6. The van der Waals surface area contributed by atoms with Gasteiger partial charge >= 0.3 is 11.9 Å². The Hall–Kier alpha value is -2.64. The molecule has 0 aliphatic carbocycles. The molecule has 1 aromatic carbocycles. The number of non-ortho nitro benzene ring substituents is 1. The van der Waals surface area contributed by atoms with E-state index in [1.54, 1.807) is 0 Å². The summed E-state index contributed by atoms with van der Waals surface area (Å²) in [6.07, 6.45) is -2.24. The van der Waals surface area contributed by atoms with Crippen molar-refractivity contribution in [1.29, 1.82) is 0 Å². The van der Waals surface area contributed by atoms with Gasteiger partial charge in [-0.3, -0.25) is 14.9 Å². The molecule has 18 heavy (non-hydrogen) atoms. The zero-order valence-electron chi connectivity index (χ0n) is 8.98. The Kier molecular flexibility index (Phi) is 4.19. The lowest BCUT2D eigenvalue weighted by Crippen LogP contribution is -2.29. The van der Waals surface area contributed by atoms with Crippen LogP contribution in [-0.4, -0.2) is 33.2 Å². The summed E-state index contributed by atoms with van der Waals surface area (Å²) < 4.78 is 4.92. The first-order valence-electron chi connectivity index (χ1n) is 4.76. The predicted octanol–water partition coefficient (Wildman–Crippen LogP) is 0.902. The van der Waals surface area contributed by atoms with Gasteiger partial charge in [0.1, 0.15) is 5.75 Å². The van der Waals surface area contributed by atoms with Gasteiger partial charge in [-0.2, -0.15) is 0 Å². The Labute approximate surface area is 101 Å². The number of aliphatic carboxylic acids is 2. The number of benzene rings is 1. The average Bonchev–Trinajstić information content (AvgIpc) is 2.28. The molecule has 0 saturated heterocycles. The molecule has 96 valence electrons. The van der Waals surface area contributed by atoms with Crippen molar-refractivity contribution in [1.82, 2.24) is 0 Å². The van der Waals surface area contributed by atoms with Crippen LogP contribution < -0.4 is 4.74 Å². The van der Waals surface area contributed by atoms with Crippen LogP contribution in [0.1, 0.15) is 6.42 Å². The fraction of sp³-hybridized carbons (Fsp3) is 0.200. The third-order valence-corrected chi connectivity index (χ3v) is 1.96. The molecule has 0 aliphatic rings. The standard InChI is InChI=1S/C10H9NO7/c12-9(13)5-8(10(14)15)18-7-3-1-6(2-4-7)11(16)17/h1-4,8H,5H2,(H,12,13)(H,14,15)/t8-/m0/s1. The van der Waals surface area contributed by atoms with Gasteiger partial charge in [0.15, 0.2) is 0 Å². The lowest BCUT2D eigenvalue weighted by molar-refractivity contribution is -0.384. The predicted molar refractivity (Wildman–Crippen MR) is 57.4 cm³/mol. The summed E-state index contributed by atoms with van der Waals surface area (Å²) in [4.78, 5) is 30.9. The molecular formula is C10H9NO7. The Bertz CT molecular complexity index is 468. The number of nitro benzene ring substituents is 1. The minimum absolute atomic E-state index is 0.0502. The maximum Gasteiger partial charge on any atom is 0.345 e. The zero-order valence-corrected chi connectivity index (χ0v) is 8.98. The Morgan fingerprint density at radius 3 is 2.22 bits per heavy atom. The summed E-state index contributed by atoms with van der Waals surface area (Å²) in [6.45, 7) is 0. The molecule has 0 amide bonds. The van der Waals surface area contributed by atoms with Crippen molar-refractivity contribution < 1.29 is 29.5 Å². The highest BCUT2D eigenvalue weighted by Gasteiger charge is 2.23. The molecule has 0 aliphatic heterocycles. The molecule has 0 aromatic heterocycles. The van der Waals surface area contributed by atoms with Gasteiger partial charge in [-0.1, -0.05) is 0 Å². The lowest BCUT2D eigenvalue weighted by atomic mass is 10.2. The van der Waals surface area contributed by atoms with E-state index in [0.29, 0.717) is 0 Å². The maximum absolute atomic E-state index is 10.7. The van der Waals surface area contributed by atoms with Crippen molar-refractivity contribution in [3.63, 3.8) is 0 Å². The van der Waals surface area contributed by atoms with Crippen LogP contribution in [-0.2, 0) is 9.59 Å². The lowest BCUT2D eigenvalue weighted by Gasteiger charge is -2.12. The van der Waals surface area contributed by atoms with Gasteiger partial charge in [0.2, 0.25) is 6.10 Å². The minimum atomic E-state index is -1.54. The summed E-state index contributed by atoms with van der Waals surface area (Å²) in [5, 5.41) is 27.6. The van der Waals surface area contributed by atoms with Crippen molar-refractivity contribution in [3.05, 3.63) is 34.4 Å². The van der Waals surface area contributed by atoms with Crippen LogP contribution in [0.25, 0.3) is 0 Å². The van der Waals surface area contributed by atoms with E-state index in [2.05, 4.69) is 0 Å². The zero-order chi connectivity index (χ0) is 13.7. The molecule has 0 spiro atoms. The molecule has 0 fully saturated rings. The molecule has 1 rings (SSSR count). The molecule has 0 heterocycles. The number of carboxylic acid groups (broad SMARTS) is 2. The number of carbonyl (C=O) groups is 2. The molecule has 2 N–H and O–H groups in total. The van der Waals surface area contributed by atoms with Crippen molar-refractivity contribution in [2.75, 3.05) is 0 Å². The van der Waals surface area contributed by atoms with Gasteiger partial charge in [0.25, 0.3) is 5.69 Å². The Morgan fingerprint density at radius 1 is 1.28 bits per heavy atom. The van der Waals surface area contributed by atoms with Gasteiger partial charge in [-0.05, 0) is 12.1 Å². The number of nitro groups is 1. The number of ether oxygens (including phenoxy) is 1. The average molecular weight is 255 g/mol. The summed E-state index contributed by atoms with van der Waals surface area (Å²) in [7, 11) is 0. The minimum Gasteiger partial charge on any atom is -0.481 e. The molecule has 0 unspecified atom stereocenters. The van der Waals surface area contributed by atoms with Crippen LogP contribution in [0.4, 0.5) is 5.69 Å². The van der Waals surface area contributed by atoms with E-state index in [1.807, 2.05) is 0 Å². The van der Waals surface area contributed by atoms with Gasteiger partial charge in [-0.15, -0.1) is 0 Å². The molecule has 0 bridgehead atoms. The number of hydrogen-bond acceptors (Lipinski definition) is 5. The third-order valence-electron chi connectivity index (χ3n) is 1.96. The van der Waals surface area contributed by atoms with E-state index in [9.17, 15) is 19.7 Å². The second-order valence-corrected chi connectivity index (χ2v) is 3.29. The van der Waals surface area contributed by atoms with Gasteiger partial charge in [0.05, 0.1) is 11.3 Å². The van der Waals surface area contributed by atoms with E-state index < -0.39 is 29.4 Å². The van der Waals surface area contributed by atoms with Crippen LogP contribution in [0.3, 0.4) is 0 Å². The highest BCUT2D eigenvalue weighted by atomic mass is 16.6. The molecule has 1 atom stereocenters. The first-order valence-corrected chi connectivity index (χ1v) is 4.76. The molecule has 1 aromatic rings. The summed E-state index contributed by atoms with van der Waals surface area (Å²) >= 11 is 0. The van der Waals surface area contributed by atoms with Crippen molar-refractivity contribution in [2.24, 2.45) is 0 Å². The van der Waals surface area contributed by atoms with E-state index in [-0.39, 0.29) is 11.4 Å². The van der Waals surface area contributed by atoms with Crippen LogP contribution in [0.5, 0.6) is 5.75 Å². The van der Waals surface area contributed by atoms with Crippen molar-refractivity contribution in [3.8, 4) is 5.75 Å².